The van der Waals surface area contributed by atoms with Crippen molar-refractivity contribution >= 4 is 9.84 Å². The van der Waals surface area contributed by atoms with Gasteiger partial charge in [-0.15, -0.1) is 0 Å². The summed E-state index contributed by atoms with van der Waals surface area (Å²) in [4.78, 5) is 0. The van der Waals surface area contributed by atoms with Crippen molar-refractivity contribution in [3.05, 3.63) is 53.9 Å². The molecule has 3 rings (SSSR count). The summed E-state index contributed by atoms with van der Waals surface area (Å²) in [7, 11) is -3.01. The highest BCUT2D eigenvalue weighted by molar-refractivity contribution is 7.89. The van der Waals surface area contributed by atoms with E-state index in [0.717, 1.165) is 6.54 Å². The van der Waals surface area contributed by atoms with Gasteiger partial charge >= 0.3 is 0 Å². The lowest BCUT2D eigenvalue weighted by Gasteiger charge is -2.28. The molecule has 0 radical (unpaired) electrons. The van der Waals surface area contributed by atoms with Crippen LogP contribution in [-0.2, 0) is 22.1 Å². The van der Waals surface area contributed by atoms with E-state index in [1.54, 1.807) is 0 Å². The summed E-state index contributed by atoms with van der Waals surface area (Å²) in [5.74, 6) is 1.35. The predicted octanol–water partition coefficient (Wildman–Crippen LogP) is 3.40. The van der Waals surface area contributed by atoms with Crippen LogP contribution in [0.2, 0.25) is 0 Å². The fourth-order valence-electron chi connectivity index (χ4n) is 3.52. The Morgan fingerprint density at radius 2 is 1.78 bits per heavy atom. The summed E-state index contributed by atoms with van der Waals surface area (Å²) in [6, 6.07) is 12.6. The van der Waals surface area contributed by atoms with Crippen LogP contribution in [0.25, 0.3) is 0 Å². The molecule has 5 heteroatoms. The summed E-state index contributed by atoms with van der Waals surface area (Å²) in [6.45, 7) is 0.894. The SMILES string of the molecule is CS(=O)(=O)Cc1ccn(CC2CCC(c3ccccc3)CC2)n1. The number of aromatic nitrogens is 2. The fourth-order valence-corrected chi connectivity index (χ4v) is 4.21. The van der Waals surface area contributed by atoms with Crippen molar-refractivity contribution in [3.8, 4) is 0 Å². The van der Waals surface area contributed by atoms with E-state index in [-0.39, 0.29) is 5.75 Å². The van der Waals surface area contributed by atoms with Gasteiger partial charge in [-0.05, 0) is 49.1 Å². The lowest BCUT2D eigenvalue weighted by molar-refractivity contribution is 0.285. The van der Waals surface area contributed by atoms with Gasteiger partial charge in [0.1, 0.15) is 0 Å². The molecule has 124 valence electrons. The third-order valence-electron chi connectivity index (χ3n) is 4.67. The van der Waals surface area contributed by atoms with Crippen LogP contribution in [-0.4, -0.2) is 24.5 Å². The molecule has 0 spiro atoms. The van der Waals surface area contributed by atoms with Gasteiger partial charge in [0.25, 0.3) is 0 Å². The van der Waals surface area contributed by atoms with E-state index in [4.69, 9.17) is 0 Å². The summed E-state index contributed by atoms with van der Waals surface area (Å²) in [6.07, 6.45) is 8.03. The van der Waals surface area contributed by atoms with E-state index < -0.39 is 9.84 Å². The first kappa shape index (κ1) is 16.2. The molecule has 0 amide bonds. The highest BCUT2D eigenvalue weighted by Crippen LogP contribution is 2.36. The molecule has 0 N–H and O–H groups in total. The van der Waals surface area contributed by atoms with Crippen LogP contribution < -0.4 is 0 Å². The average molecular weight is 332 g/mol. The molecule has 1 aromatic heterocycles. The van der Waals surface area contributed by atoms with Crippen LogP contribution >= 0.6 is 0 Å². The van der Waals surface area contributed by atoms with Crippen LogP contribution in [0.3, 0.4) is 0 Å². The number of sulfone groups is 1. The fraction of sp³-hybridized carbons (Fsp3) is 0.500. The Bertz CT molecular complexity index is 729. The van der Waals surface area contributed by atoms with Crippen LogP contribution in [0.5, 0.6) is 0 Å². The van der Waals surface area contributed by atoms with Crippen molar-refractivity contribution in [2.24, 2.45) is 5.92 Å². The maximum atomic E-state index is 11.3. The van der Waals surface area contributed by atoms with Gasteiger partial charge in [0.05, 0.1) is 11.4 Å². The van der Waals surface area contributed by atoms with E-state index in [0.29, 0.717) is 17.5 Å². The average Bonchev–Trinajstić information content (AvgIpc) is 2.94. The molecule has 1 saturated carbocycles. The molecule has 0 unspecified atom stereocenters. The molecular weight excluding hydrogens is 308 g/mol. The monoisotopic (exact) mass is 332 g/mol. The van der Waals surface area contributed by atoms with Crippen molar-refractivity contribution in [1.82, 2.24) is 9.78 Å². The van der Waals surface area contributed by atoms with Crippen LogP contribution in [0.1, 0.15) is 42.9 Å². The molecule has 0 bridgehead atoms. The Kier molecular flexibility index (Phi) is 4.85. The first-order valence-corrected chi connectivity index (χ1v) is 10.3. The van der Waals surface area contributed by atoms with Crippen molar-refractivity contribution in [2.45, 2.75) is 43.9 Å². The topological polar surface area (TPSA) is 52.0 Å². The van der Waals surface area contributed by atoms with Crippen molar-refractivity contribution in [2.75, 3.05) is 6.26 Å². The molecule has 1 aromatic carbocycles. The van der Waals surface area contributed by atoms with Gasteiger partial charge in [0.2, 0.25) is 0 Å². The molecule has 1 aliphatic rings. The summed E-state index contributed by atoms with van der Waals surface area (Å²) >= 11 is 0. The Morgan fingerprint density at radius 3 is 2.43 bits per heavy atom. The maximum Gasteiger partial charge on any atom is 0.153 e. The lowest BCUT2D eigenvalue weighted by atomic mass is 9.79. The third kappa shape index (κ3) is 4.67. The molecule has 1 heterocycles. The molecule has 0 atom stereocenters. The smallest absolute Gasteiger partial charge is 0.153 e. The Hall–Kier alpha value is -1.62. The number of rotatable bonds is 5. The molecular formula is C18H24N2O2S. The summed E-state index contributed by atoms with van der Waals surface area (Å²) < 4.78 is 24.6. The van der Waals surface area contributed by atoms with Crippen LogP contribution in [0.4, 0.5) is 0 Å². The zero-order valence-corrected chi connectivity index (χ0v) is 14.4. The van der Waals surface area contributed by atoms with Gasteiger partial charge in [-0.3, -0.25) is 4.68 Å². The van der Waals surface area contributed by atoms with Gasteiger partial charge in [-0.25, -0.2) is 8.42 Å². The highest BCUT2D eigenvalue weighted by atomic mass is 32.2. The number of nitrogens with zero attached hydrogens (tertiary/aromatic N) is 2. The second-order valence-electron chi connectivity index (χ2n) is 6.73. The zero-order valence-electron chi connectivity index (χ0n) is 13.6. The second kappa shape index (κ2) is 6.87. The largest absolute Gasteiger partial charge is 0.272 e. The Balaban J connectivity index is 1.53. The third-order valence-corrected chi connectivity index (χ3v) is 5.49. The van der Waals surface area contributed by atoms with Crippen molar-refractivity contribution in [3.63, 3.8) is 0 Å². The predicted molar refractivity (Wildman–Crippen MR) is 91.9 cm³/mol. The van der Waals surface area contributed by atoms with E-state index in [1.807, 2.05) is 16.9 Å². The molecule has 0 saturated heterocycles. The zero-order chi connectivity index (χ0) is 16.3. The molecule has 4 nitrogen and oxygen atoms in total. The van der Waals surface area contributed by atoms with Gasteiger partial charge in [0.15, 0.2) is 9.84 Å². The number of hydrogen-bond donors (Lipinski definition) is 0. The minimum Gasteiger partial charge on any atom is -0.272 e. The lowest BCUT2D eigenvalue weighted by Crippen LogP contribution is -2.18. The highest BCUT2D eigenvalue weighted by Gasteiger charge is 2.22. The van der Waals surface area contributed by atoms with Gasteiger partial charge < -0.3 is 0 Å². The van der Waals surface area contributed by atoms with E-state index >= 15 is 0 Å². The minimum atomic E-state index is -3.01. The molecule has 2 aromatic rings. The first-order valence-electron chi connectivity index (χ1n) is 8.24. The maximum absolute atomic E-state index is 11.3. The Morgan fingerprint density at radius 1 is 1.09 bits per heavy atom. The number of benzene rings is 1. The molecule has 23 heavy (non-hydrogen) atoms. The molecule has 1 fully saturated rings. The van der Waals surface area contributed by atoms with Gasteiger partial charge in [0, 0.05) is 19.0 Å². The summed E-state index contributed by atoms with van der Waals surface area (Å²) in [5.41, 5.74) is 2.10. The van der Waals surface area contributed by atoms with Crippen molar-refractivity contribution in [1.29, 1.82) is 0 Å². The van der Waals surface area contributed by atoms with Crippen LogP contribution in [0, 0.1) is 5.92 Å². The quantitative estimate of drug-likeness (QED) is 0.843. The standard InChI is InChI=1S/C18H24N2O2S/c1-23(21,22)14-18-11-12-20(19-18)13-15-7-9-17(10-8-15)16-5-3-2-4-6-16/h2-6,11-12,15,17H,7-10,13-14H2,1H3. The second-order valence-corrected chi connectivity index (χ2v) is 8.87. The van der Waals surface area contributed by atoms with E-state index in [2.05, 4.69) is 35.4 Å². The van der Waals surface area contributed by atoms with Gasteiger partial charge in [-0.2, -0.15) is 5.10 Å². The number of hydrogen-bond acceptors (Lipinski definition) is 3. The molecule has 0 aliphatic heterocycles. The van der Waals surface area contributed by atoms with E-state index in [1.165, 1.54) is 37.5 Å². The van der Waals surface area contributed by atoms with Crippen LogP contribution in [0.15, 0.2) is 42.6 Å². The minimum absolute atomic E-state index is 0.0285. The van der Waals surface area contributed by atoms with E-state index in [9.17, 15) is 8.42 Å². The summed E-state index contributed by atoms with van der Waals surface area (Å²) in [5, 5.41) is 4.40. The molecule has 1 aliphatic carbocycles. The Labute approximate surface area is 138 Å². The van der Waals surface area contributed by atoms with Crippen molar-refractivity contribution < 1.29 is 8.42 Å². The van der Waals surface area contributed by atoms with Gasteiger partial charge in [-0.1, -0.05) is 30.3 Å². The first-order chi connectivity index (χ1) is 11.0. The normalized spacial score (nSPS) is 22.1.